The first kappa shape index (κ1) is 20.6. The Morgan fingerprint density at radius 3 is 2.50 bits per heavy atom. The van der Waals surface area contributed by atoms with Crippen LogP contribution in [0, 0.1) is 5.92 Å². The molecule has 8 heteroatoms. The van der Waals surface area contributed by atoms with Crippen molar-refractivity contribution in [1.29, 1.82) is 0 Å². The van der Waals surface area contributed by atoms with Gasteiger partial charge in [-0.1, -0.05) is 25.1 Å². The number of aliphatic carboxylic acids is 1. The van der Waals surface area contributed by atoms with Crippen LogP contribution in [-0.4, -0.2) is 59.0 Å². The molecule has 0 aromatic heterocycles. The van der Waals surface area contributed by atoms with Gasteiger partial charge >= 0.3 is 12.1 Å². The molecule has 154 valence electrons. The van der Waals surface area contributed by atoms with Gasteiger partial charge in [0.2, 0.25) is 5.91 Å². The quantitative estimate of drug-likeness (QED) is 0.800. The fourth-order valence-electron chi connectivity index (χ4n) is 4.14. The van der Waals surface area contributed by atoms with Gasteiger partial charge in [0.1, 0.15) is 0 Å². The lowest BCUT2D eigenvalue weighted by atomic mass is 10.0. The van der Waals surface area contributed by atoms with Crippen LogP contribution in [-0.2, 0) is 15.8 Å². The predicted molar refractivity (Wildman–Crippen MR) is 96.8 cm³/mol. The van der Waals surface area contributed by atoms with E-state index in [2.05, 4.69) is 0 Å². The topological polar surface area (TPSA) is 60.9 Å². The second kappa shape index (κ2) is 8.11. The highest BCUT2D eigenvalue weighted by atomic mass is 19.4. The number of likely N-dealkylation sites (tertiary alicyclic amines) is 1. The van der Waals surface area contributed by atoms with Crippen LogP contribution in [0.25, 0.3) is 0 Å². The lowest BCUT2D eigenvalue weighted by molar-refractivity contribution is -0.140. The van der Waals surface area contributed by atoms with E-state index in [0.29, 0.717) is 44.5 Å². The number of benzene rings is 1. The Bertz CT molecular complexity index is 730. The lowest BCUT2D eigenvalue weighted by Crippen LogP contribution is -2.48. The van der Waals surface area contributed by atoms with E-state index in [1.807, 2.05) is 11.8 Å². The molecule has 0 bridgehead atoms. The molecule has 1 aliphatic carbocycles. The van der Waals surface area contributed by atoms with Gasteiger partial charge in [-0.2, -0.15) is 13.2 Å². The minimum atomic E-state index is -4.38. The van der Waals surface area contributed by atoms with E-state index >= 15 is 0 Å². The summed E-state index contributed by atoms with van der Waals surface area (Å²) in [5.41, 5.74) is -0.108. The monoisotopic (exact) mass is 398 g/mol. The lowest BCUT2D eigenvalue weighted by Gasteiger charge is -2.37. The molecular formula is C20H25F3N2O3. The molecule has 1 aliphatic heterocycles. The van der Waals surface area contributed by atoms with Crippen LogP contribution in [0.1, 0.15) is 43.2 Å². The van der Waals surface area contributed by atoms with Crippen molar-refractivity contribution >= 4 is 11.9 Å². The molecule has 1 aromatic rings. The number of alkyl halides is 3. The number of carbonyl (C=O) groups excluding carboxylic acids is 1. The van der Waals surface area contributed by atoms with E-state index in [4.69, 9.17) is 5.11 Å². The molecule has 2 fully saturated rings. The minimum absolute atomic E-state index is 0.00199. The zero-order valence-electron chi connectivity index (χ0n) is 15.8. The molecule has 1 amide bonds. The molecule has 5 nitrogen and oxygen atoms in total. The van der Waals surface area contributed by atoms with E-state index in [-0.39, 0.29) is 30.3 Å². The zero-order valence-corrected chi connectivity index (χ0v) is 15.8. The Hall–Kier alpha value is -2.09. The van der Waals surface area contributed by atoms with Crippen molar-refractivity contribution in [3.8, 4) is 0 Å². The van der Waals surface area contributed by atoms with Gasteiger partial charge in [0.15, 0.2) is 0 Å². The van der Waals surface area contributed by atoms with Gasteiger partial charge in [0, 0.05) is 25.0 Å². The number of amides is 1. The highest BCUT2D eigenvalue weighted by Gasteiger charge is 2.47. The Morgan fingerprint density at radius 1 is 1.25 bits per heavy atom. The summed E-state index contributed by atoms with van der Waals surface area (Å²) in [6.07, 6.45) is -2.37. The first-order valence-corrected chi connectivity index (χ1v) is 9.62. The standard InChI is InChI=1S/C20H25F3N2O3/c1-2-24(12-18(26)27)15-6-8-25(9-7-15)19(28)17-11-16(17)13-4-3-5-14(10-13)20(21,22)23/h3-5,10,15-17H,2,6-9,11-12H2,1H3,(H,26,27)/t16-,17+/m1/s1. The third-order valence-corrected chi connectivity index (χ3v) is 5.79. The Balaban J connectivity index is 1.55. The molecule has 3 rings (SSSR count). The third-order valence-electron chi connectivity index (χ3n) is 5.79. The second-order valence-electron chi connectivity index (χ2n) is 7.59. The van der Waals surface area contributed by atoms with Crippen molar-refractivity contribution in [3.63, 3.8) is 0 Å². The van der Waals surface area contributed by atoms with E-state index in [1.165, 1.54) is 6.07 Å². The van der Waals surface area contributed by atoms with Gasteiger partial charge in [0.05, 0.1) is 12.1 Å². The van der Waals surface area contributed by atoms with Crippen LogP contribution in [0.3, 0.4) is 0 Å². The van der Waals surface area contributed by atoms with E-state index in [1.54, 1.807) is 11.0 Å². The summed E-state index contributed by atoms with van der Waals surface area (Å²) in [5, 5.41) is 9.00. The number of likely N-dealkylation sites (N-methyl/N-ethyl adjacent to an activating group) is 1. The highest BCUT2D eigenvalue weighted by Crippen LogP contribution is 2.49. The van der Waals surface area contributed by atoms with Gasteiger partial charge in [0.25, 0.3) is 0 Å². The zero-order chi connectivity index (χ0) is 20.5. The summed E-state index contributed by atoms with van der Waals surface area (Å²) >= 11 is 0. The molecule has 1 N–H and O–H groups in total. The average molecular weight is 398 g/mol. The largest absolute Gasteiger partial charge is 0.480 e. The smallest absolute Gasteiger partial charge is 0.416 e. The maximum Gasteiger partial charge on any atom is 0.416 e. The fraction of sp³-hybridized carbons (Fsp3) is 0.600. The number of hydrogen-bond acceptors (Lipinski definition) is 3. The van der Waals surface area contributed by atoms with Crippen molar-refractivity contribution in [2.45, 2.75) is 44.3 Å². The van der Waals surface area contributed by atoms with Crippen molar-refractivity contribution < 1.29 is 27.9 Å². The van der Waals surface area contributed by atoms with Crippen LogP contribution >= 0.6 is 0 Å². The van der Waals surface area contributed by atoms with Gasteiger partial charge in [-0.15, -0.1) is 0 Å². The second-order valence-corrected chi connectivity index (χ2v) is 7.59. The van der Waals surface area contributed by atoms with Crippen molar-refractivity contribution in [3.05, 3.63) is 35.4 Å². The summed E-state index contributed by atoms with van der Waals surface area (Å²) in [5.74, 6) is -1.25. The summed E-state index contributed by atoms with van der Waals surface area (Å²) in [6.45, 7) is 3.68. The van der Waals surface area contributed by atoms with Gasteiger partial charge in [-0.3, -0.25) is 14.5 Å². The molecule has 0 unspecified atom stereocenters. The summed E-state index contributed by atoms with van der Waals surface area (Å²) < 4.78 is 38.7. The van der Waals surface area contributed by atoms with Gasteiger partial charge in [-0.25, -0.2) is 0 Å². The molecule has 2 aliphatic rings. The Labute approximate surface area is 162 Å². The molecule has 0 spiro atoms. The van der Waals surface area contributed by atoms with Gasteiger partial charge < -0.3 is 10.0 Å². The number of carboxylic acids is 1. The number of carbonyl (C=O) groups is 2. The van der Waals surface area contributed by atoms with Crippen LogP contribution in [0.4, 0.5) is 13.2 Å². The first-order chi connectivity index (χ1) is 13.2. The van der Waals surface area contributed by atoms with Crippen molar-refractivity contribution in [2.75, 3.05) is 26.2 Å². The molecule has 2 atom stereocenters. The van der Waals surface area contributed by atoms with Crippen molar-refractivity contribution in [1.82, 2.24) is 9.80 Å². The maximum absolute atomic E-state index is 12.9. The third kappa shape index (κ3) is 4.66. The van der Waals surface area contributed by atoms with Crippen LogP contribution < -0.4 is 0 Å². The highest BCUT2D eigenvalue weighted by molar-refractivity contribution is 5.83. The van der Waals surface area contributed by atoms with Crippen molar-refractivity contribution in [2.24, 2.45) is 5.92 Å². The van der Waals surface area contributed by atoms with E-state index < -0.39 is 17.7 Å². The summed E-state index contributed by atoms with van der Waals surface area (Å²) in [4.78, 5) is 27.4. The molecule has 1 saturated heterocycles. The molecule has 1 aromatic carbocycles. The number of rotatable bonds is 6. The predicted octanol–water partition coefficient (Wildman–Crippen LogP) is 3.21. The summed E-state index contributed by atoms with van der Waals surface area (Å²) in [7, 11) is 0. The number of nitrogens with zero attached hydrogens (tertiary/aromatic N) is 2. The average Bonchev–Trinajstić information content (AvgIpc) is 3.46. The molecular weight excluding hydrogens is 373 g/mol. The molecule has 1 saturated carbocycles. The molecule has 28 heavy (non-hydrogen) atoms. The minimum Gasteiger partial charge on any atom is -0.480 e. The Morgan fingerprint density at radius 2 is 1.93 bits per heavy atom. The maximum atomic E-state index is 12.9. The van der Waals surface area contributed by atoms with E-state index in [9.17, 15) is 22.8 Å². The normalized spacial score (nSPS) is 23.1. The van der Waals surface area contributed by atoms with E-state index in [0.717, 1.165) is 12.1 Å². The van der Waals surface area contributed by atoms with Gasteiger partial charge in [-0.05, 0) is 43.4 Å². The number of carboxylic acid groups (broad SMARTS) is 1. The SMILES string of the molecule is CCN(CC(=O)O)C1CCN(C(=O)[C@H]2C[C@@H]2c2cccc(C(F)(F)F)c2)CC1. The summed E-state index contributed by atoms with van der Waals surface area (Å²) in [6, 6.07) is 5.39. The molecule has 0 radical (unpaired) electrons. The van der Waals surface area contributed by atoms with Crippen LogP contribution in [0.15, 0.2) is 24.3 Å². The first-order valence-electron chi connectivity index (χ1n) is 9.62. The number of piperidine rings is 1. The fourth-order valence-corrected chi connectivity index (χ4v) is 4.14. The Kier molecular flexibility index (Phi) is 5.98. The number of halogens is 3. The van der Waals surface area contributed by atoms with Crippen LogP contribution in [0.2, 0.25) is 0 Å². The number of hydrogen-bond donors (Lipinski definition) is 1. The van der Waals surface area contributed by atoms with Crippen LogP contribution in [0.5, 0.6) is 0 Å². The molecule has 1 heterocycles.